The lowest BCUT2D eigenvalue weighted by Gasteiger charge is -2.28. The number of ether oxygens (including phenoxy) is 1. The Hall–Kier alpha value is -3.33. The molecular formula is C21H23N5O3S. The quantitative estimate of drug-likeness (QED) is 0.558. The Bertz CT molecular complexity index is 1020. The van der Waals surface area contributed by atoms with Gasteiger partial charge in [-0.15, -0.1) is 0 Å². The molecule has 2 aliphatic heterocycles. The molecule has 1 atom stereocenters. The molecule has 8 nitrogen and oxygen atoms in total. The van der Waals surface area contributed by atoms with Crippen LogP contribution < -0.4 is 26.8 Å². The zero-order valence-electron chi connectivity index (χ0n) is 16.5. The fraction of sp³-hybridized carbons (Fsp3) is 0.238. The molecule has 2 aromatic carbocycles. The van der Waals surface area contributed by atoms with E-state index < -0.39 is 10.8 Å². The molecule has 156 valence electrons. The number of thioether (sulfide) groups is 1. The summed E-state index contributed by atoms with van der Waals surface area (Å²) in [5.74, 6) is 0.200. The van der Waals surface area contributed by atoms with Crippen molar-refractivity contribution < 1.29 is 14.3 Å². The zero-order chi connectivity index (χ0) is 21.3. The highest BCUT2D eigenvalue weighted by Crippen LogP contribution is 2.49. The summed E-state index contributed by atoms with van der Waals surface area (Å²) >= 11 is 1.33. The SMILES string of the molecule is COc1ccc(NC(=O)N2CCC3=C(C2)SC(C(N)=O)(c2ccccc2N)N3)cc1. The highest BCUT2D eigenvalue weighted by atomic mass is 32.2. The average molecular weight is 426 g/mol. The van der Waals surface area contributed by atoms with Crippen LogP contribution in [0.1, 0.15) is 12.0 Å². The summed E-state index contributed by atoms with van der Waals surface area (Å²) in [6.07, 6.45) is 0.597. The van der Waals surface area contributed by atoms with Crippen LogP contribution in [0.25, 0.3) is 0 Å². The van der Waals surface area contributed by atoms with Gasteiger partial charge in [0, 0.05) is 40.5 Å². The van der Waals surface area contributed by atoms with Gasteiger partial charge in [0.1, 0.15) is 5.75 Å². The Kier molecular flexibility index (Phi) is 5.21. The van der Waals surface area contributed by atoms with Crippen molar-refractivity contribution in [3.63, 3.8) is 0 Å². The van der Waals surface area contributed by atoms with Crippen LogP contribution in [0.2, 0.25) is 0 Å². The Labute approximate surface area is 178 Å². The van der Waals surface area contributed by atoms with Gasteiger partial charge in [0.15, 0.2) is 4.87 Å². The van der Waals surface area contributed by atoms with Gasteiger partial charge in [-0.1, -0.05) is 30.0 Å². The Morgan fingerprint density at radius 2 is 1.93 bits per heavy atom. The van der Waals surface area contributed by atoms with Gasteiger partial charge in [0.05, 0.1) is 13.7 Å². The lowest BCUT2D eigenvalue weighted by Crippen LogP contribution is -2.47. The van der Waals surface area contributed by atoms with Crippen LogP contribution in [0.5, 0.6) is 5.75 Å². The van der Waals surface area contributed by atoms with E-state index in [2.05, 4.69) is 10.6 Å². The van der Waals surface area contributed by atoms with Crippen LogP contribution >= 0.6 is 11.8 Å². The molecule has 30 heavy (non-hydrogen) atoms. The minimum absolute atomic E-state index is 0.205. The van der Waals surface area contributed by atoms with Gasteiger partial charge in [-0.25, -0.2) is 4.79 Å². The summed E-state index contributed by atoms with van der Waals surface area (Å²) in [4.78, 5) is 26.7. The maximum Gasteiger partial charge on any atom is 0.322 e. The molecule has 0 saturated heterocycles. The number of urea groups is 1. The smallest absolute Gasteiger partial charge is 0.322 e. The van der Waals surface area contributed by atoms with Crippen molar-refractivity contribution in [3.05, 3.63) is 64.7 Å². The number of anilines is 2. The molecule has 0 aliphatic carbocycles. The number of hydrogen-bond donors (Lipinski definition) is 4. The van der Waals surface area contributed by atoms with E-state index in [9.17, 15) is 9.59 Å². The number of hydrogen-bond acceptors (Lipinski definition) is 6. The molecule has 9 heteroatoms. The number of primary amides is 1. The molecule has 0 aromatic heterocycles. The third-order valence-corrected chi connectivity index (χ3v) is 6.67. The van der Waals surface area contributed by atoms with Crippen LogP contribution in [0, 0.1) is 0 Å². The Morgan fingerprint density at radius 1 is 1.20 bits per heavy atom. The van der Waals surface area contributed by atoms with Gasteiger partial charge < -0.3 is 31.7 Å². The second-order valence-electron chi connectivity index (χ2n) is 7.09. The lowest BCUT2D eigenvalue weighted by atomic mass is 10.0. The van der Waals surface area contributed by atoms with E-state index in [-0.39, 0.29) is 6.03 Å². The van der Waals surface area contributed by atoms with Crippen molar-refractivity contribution in [3.8, 4) is 5.75 Å². The fourth-order valence-corrected chi connectivity index (χ4v) is 5.05. The third kappa shape index (κ3) is 3.52. The fourth-order valence-electron chi connectivity index (χ4n) is 3.62. The third-order valence-electron chi connectivity index (χ3n) is 5.22. The number of benzene rings is 2. The normalized spacial score (nSPS) is 20.4. The molecule has 4 rings (SSSR count). The predicted molar refractivity (Wildman–Crippen MR) is 118 cm³/mol. The first-order chi connectivity index (χ1) is 14.4. The largest absolute Gasteiger partial charge is 0.497 e. The van der Waals surface area contributed by atoms with Crippen molar-refractivity contribution in [2.75, 3.05) is 31.2 Å². The van der Waals surface area contributed by atoms with Crippen LogP contribution in [-0.4, -0.2) is 37.0 Å². The number of nitrogen functional groups attached to an aromatic ring is 1. The van der Waals surface area contributed by atoms with Gasteiger partial charge in [-0.05, 0) is 30.3 Å². The summed E-state index contributed by atoms with van der Waals surface area (Å²) < 4.78 is 5.14. The summed E-state index contributed by atoms with van der Waals surface area (Å²) in [5.41, 5.74) is 14.7. The first-order valence-electron chi connectivity index (χ1n) is 9.47. The van der Waals surface area contributed by atoms with E-state index in [4.69, 9.17) is 16.2 Å². The van der Waals surface area contributed by atoms with Crippen molar-refractivity contribution in [2.45, 2.75) is 11.3 Å². The molecule has 2 aromatic rings. The topological polar surface area (TPSA) is 123 Å². The highest BCUT2D eigenvalue weighted by Gasteiger charge is 2.48. The van der Waals surface area contributed by atoms with Gasteiger partial charge in [-0.3, -0.25) is 4.79 Å². The molecule has 0 radical (unpaired) electrons. The molecule has 0 saturated carbocycles. The molecule has 0 fully saturated rings. The minimum atomic E-state index is -1.17. The Morgan fingerprint density at radius 3 is 2.60 bits per heavy atom. The minimum Gasteiger partial charge on any atom is -0.497 e. The van der Waals surface area contributed by atoms with E-state index in [1.54, 1.807) is 48.4 Å². The van der Waals surface area contributed by atoms with Crippen LogP contribution in [0.3, 0.4) is 0 Å². The molecule has 1 unspecified atom stereocenters. The van der Waals surface area contributed by atoms with Crippen molar-refractivity contribution in [2.24, 2.45) is 5.73 Å². The van der Waals surface area contributed by atoms with Gasteiger partial charge in [0.25, 0.3) is 5.91 Å². The van der Waals surface area contributed by atoms with E-state index >= 15 is 0 Å². The second kappa shape index (κ2) is 7.83. The van der Waals surface area contributed by atoms with Crippen molar-refractivity contribution in [1.82, 2.24) is 10.2 Å². The molecular weight excluding hydrogens is 402 g/mol. The monoisotopic (exact) mass is 425 g/mol. The van der Waals surface area contributed by atoms with Gasteiger partial charge in [0.2, 0.25) is 0 Å². The number of nitrogens with two attached hydrogens (primary N) is 2. The molecule has 0 spiro atoms. The van der Waals surface area contributed by atoms with E-state index in [0.717, 1.165) is 16.4 Å². The number of para-hydroxylation sites is 1. The number of nitrogens with one attached hydrogen (secondary N) is 2. The molecule has 6 N–H and O–H groups in total. The van der Waals surface area contributed by atoms with Crippen LogP contribution in [0.4, 0.5) is 16.2 Å². The van der Waals surface area contributed by atoms with Crippen LogP contribution in [0.15, 0.2) is 59.1 Å². The first kappa shape index (κ1) is 20.0. The Balaban J connectivity index is 1.49. The van der Waals surface area contributed by atoms with Gasteiger partial charge >= 0.3 is 6.03 Å². The maximum absolute atomic E-state index is 12.7. The average Bonchev–Trinajstić information content (AvgIpc) is 3.14. The number of nitrogens with zero attached hydrogens (tertiary/aromatic N) is 1. The standard InChI is InChI=1S/C21H23N5O3S/c1-29-14-8-6-13(7-9-14)24-20(28)26-11-10-17-18(12-26)30-21(25-17,19(23)27)15-4-2-3-5-16(15)22/h2-9,25H,10-12,22H2,1H3,(H2,23,27)(H,24,28). The highest BCUT2D eigenvalue weighted by molar-refractivity contribution is 8.05. The predicted octanol–water partition coefficient (Wildman–Crippen LogP) is 2.40. The van der Waals surface area contributed by atoms with Gasteiger partial charge in [-0.2, -0.15) is 0 Å². The number of carbonyl (C=O) groups is 2. The van der Waals surface area contributed by atoms with E-state index in [1.165, 1.54) is 11.8 Å². The number of carbonyl (C=O) groups excluding carboxylic acids is 2. The summed E-state index contributed by atoms with van der Waals surface area (Å²) in [6.45, 7) is 0.907. The van der Waals surface area contributed by atoms with E-state index in [0.29, 0.717) is 36.4 Å². The van der Waals surface area contributed by atoms with Crippen molar-refractivity contribution >= 4 is 35.1 Å². The zero-order valence-corrected chi connectivity index (χ0v) is 17.3. The number of rotatable bonds is 4. The maximum atomic E-state index is 12.7. The molecule has 3 amide bonds. The summed E-state index contributed by atoms with van der Waals surface area (Å²) in [7, 11) is 1.59. The molecule has 2 heterocycles. The molecule has 0 bridgehead atoms. The van der Waals surface area contributed by atoms with Crippen LogP contribution in [-0.2, 0) is 9.67 Å². The first-order valence-corrected chi connectivity index (χ1v) is 10.3. The van der Waals surface area contributed by atoms with Crippen molar-refractivity contribution in [1.29, 1.82) is 0 Å². The number of amides is 3. The summed E-state index contributed by atoms with van der Waals surface area (Å²) in [6, 6.07) is 14.1. The lowest BCUT2D eigenvalue weighted by molar-refractivity contribution is -0.121. The second-order valence-corrected chi connectivity index (χ2v) is 8.40. The summed E-state index contributed by atoms with van der Waals surface area (Å²) in [5, 5.41) is 6.20. The molecule has 2 aliphatic rings. The van der Waals surface area contributed by atoms with E-state index in [1.807, 2.05) is 12.1 Å². The number of methoxy groups -OCH3 is 1.